The van der Waals surface area contributed by atoms with Gasteiger partial charge in [0.05, 0.1) is 5.39 Å². The van der Waals surface area contributed by atoms with Crippen molar-refractivity contribution < 1.29 is 0 Å². The number of nitrogens with one attached hydrogen (secondary N) is 1. The number of nitrogens with two attached hydrogens (primary N) is 1. The minimum Gasteiger partial charge on any atom is -0.351 e. The third-order valence-corrected chi connectivity index (χ3v) is 5.23. The van der Waals surface area contributed by atoms with E-state index < -0.39 is 0 Å². The lowest BCUT2D eigenvalue weighted by Gasteiger charge is -2.33. The quantitative estimate of drug-likeness (QED) is 0.672. The van der Waals surface area contributed by atoms with Crippen LogP contribution in [0.4, 0.5) is 11.8 Å². The second-order valence-electron chi connectivity index (χ2n) is 5.87. The summed E-state index contributed by atoms with van der Waals surface area (Å²) in [7, 11) is 0. The number of hydrogen-bond acceptors (Lipinski definition) is 6. The number of aromatic nitrogens is 2. The van der Waals surface area contributed by atoms with E-state index in [9.17, 15) is 0 Å². The summed E-state index contributed by atoms with van der Waals surface area (Å²) in [6.45, 7) is 7.76. The zero-order chi connectivity index (χ0) is 14.3. The van der Waals surface area contributed by atoms with E-state index in [0.29, 0.717) is 5.95 Å². The molecule has 20 heavy (non-hydrogen) atoms. The Morgan fingerprint density at radius 1 is 1.45 bits per heavy atom. The summed E-state index contributed by atoms with van der Waals surface area (Å²) in [5, 5.41) is 1.15. The van der Waals surface area contributed by atoms with Gasteiger partial charge in [0.25, 0.3) is 0 Å². The number of thiophene rings is 1. The smallest absolute Gasteiger partial charge is 0.240 e. The van der Waals surface area contributed by atoms with Crippen molar-refractivity contribution in [2.45, 2.75) is 45.6 Å². The average Bonchev–Trinajstić information content (AvgIpc) is 2.99. The van der Waals surface area contributed by atoms with Crippen LogP contribution in [0.3, 0.4) is 0 Å². The zero-order valence-corrected chi connectivity index (χ0v) is 13.0. The Bertz CT molecular complexity index is 634. The molecule has 1 aliphatic rings. The Hall–Kier alpha value is -1.40. The van der Waals surface area contributed by atoms with Gasteiger partial charge in [-0.2, -0.15) is 4.98 Å². The summed E-state index contributed by atoms with van der Waals surface area (Å²) in [4.78, 5) is 13.9. The minimum absolute atomic E-state index is 0.140. The maximum atomic E-state index is 5.53. The molecule has 0 spiro atoms. The number of rotatable bonds is 3. The van der Waals surface area contributed by atoms with E-state index >= 15 is 0 Å². The van der Waals surface area contributed by atoms with Gasteiger partial charge < -0.3 is 4.90 Å². The van der Waals surface area contributed by atoms with E-state index in [1.165, 1.54) is 17.7 Å². The Labute approximate surface area is 123 Å². The molecule has 0 saturated carbocycles. The van der Waals surface area contributed by atoms with Gasteiger partial charge in [-0.3, -0.25) is 5.43 Å². The van der Waals surface area contributed by atoms with Crippen molar-refractivity contribution >= 4 is 33.3 Å². The molecule has 0 atom stereocenters. The number of anilines is 2. The zero-order valence-electron chi connectivity index (χ0n) is 12.2. The van der Waals surface area contributed by atoms with E-state index in [2.05, 4.69) is 47.1 Å². The largest absolute Gasteiger partial charge is 0.351 e. The Morgan fingerprint density at radius 3 is 2.85 bits per heavy atom. The second kappa shape index (κ2) is 4.86. The monoisotopic (exact) mass is 291 g/mol. The van der Waals surface area contributed by atoms with Crippen molar-refractivity contribution in [3.63, 3.8) is 0 Å². The lowest BCUT2D eigenvalue weighted by molar-refractivity contribution is 0.515. The van der Waals surface area contributed by atoms with Gasteiger partial charge in [-0.1, -0.05) is 6.92 Å². The summed E-state index contributed by atoms with van der Waals surface area (Å²) in [5.41, 5.74) is 2.74. The van der Waals surface area contributed by atoms with Crippen molar-refractivity contribution in [3.8, 4) is 0 Å². The summed E-state index contributed by atoms with van der Waals surface area (Å²) < 4.78 is 0. The molecule has 1 fully saturated rings. The average molecular weight is 291 g/mol. The van der Waals surface area contributed by atoms with Crippen LogP contribution in [0, 0.1) is 0 Å². The molecule has 3 heterocycles. The third kappa shape index (κ3) is 2.13. The summed E-state index contributed by atoms with van der Waals surface area (Å²) in [6, 6.07) is 2.23. The van der Waals surface area contributed by atoms with Crippen LogP contribution in [0.2, 0.25) is 0 Å². The minimum atomic E-state index is 0.140. The van der Waals surface area contributed by atoms with E-state index in [1.54, 1.807) is 11.3 Å². The topological polar surface area (TPSA) is 67.1 Å². The Morgan fingerprint density at radius 2 is 2.25 bits per heavy atom. The van der Waals surface area contributed by atoms with Crippen LogP contribution in [0.5, 0.6) is 0 Å². The predicted molar refractivity (Wildman–Crippen MR) is 85.3 cm³/mol. The number of nitrogen functional groups attached to an aromatic ring is 1. The maximum Gasteiger partial charge on any atom is 0.240 e. The van der Waals surface area contributed by atoms with Crippen LogP contribution in [-0.2, 0) is 6.42 Å². The molecule has 0 unspecified atom stereocenters. The van der Waals surface area contributed by atoms with Gasteiger partial charge in [0.15, 0.2) is 0 Å². The van der Waals surface area contributed by atoms with Gasteiger partial charge in [0.1, 0.15) is 10.6 Å². The first-order chi connectivity index (χ1) is 9.55. The molecule has 3 rings (SSSR count). The van der Waals surface area contributed by atoms with Crippen molar-refractivity contribution in [1.82, 2.24) is 9.97 Å². The summed E-state index contributed by atoms with van der Waals surface area (Å²) in [5.74, 6) is 7.04. The highest BCUT2D eigenvalue weighted by Crippen LogP contribution is 2.39. The molecular weight excluding hydrogens is 270 g/mol. The Kier molecular flexibility index (Phi) is 3.30. The van der Waals surface area contributed by atoms with Gasteiger partial charge in [-0.15, -0.1) is 11.3 Å². The predicted octanol–water partition coefficient (Wildman–Crippen LogP) is 2.92. The first kappa shape index (κ1) is 13.6. The van der Waals surface area contributed by atoms with Crippen LogP contribution in [0.1, 0.15) is 38.5 Å². The Balaban J connectivity index is 2.19. The third-order valence-electron chi connectivity index (χ3n) is 4.06. The molecule has 5 nitrogen and oxygen atoms in total. The first-order valence-electron chi connectivity index (χ1n) is 7.10. The summed E-state index contributed by atoms with van der Waals surface area (Å²) in [6.07, 6.45) is 3.42. The molecule has 2 aromatic heterocycles. The fourth-order valence-electron chi connectivity index (χ4n) is 2.90. The van der Waals surface area contributed by atoms with Gasteiger partial charge in [0, 0.05) is 17.0 Å². The number of hydrazine groups is 1. The van der Waals surface area contributed by atoms with Crippen LogP contribution < -0.4 is 16.2 Å². The molecule has 2 aromatic rings. The molecule has 1 aliphatic heterocycles. The lowest BCUT2D eigenvalue weighted by atomic mass is 10.0. The fraction of sp³-hybridized carbons (Fsp3) is 0.571. The molecule has 1 saturated heterocycles. The molecule has 3 N–H and O–H groups in total. The normalized spacial score (nSPS) is 17.9. The van der Waals surface area contributed by atoms with Gasteiger partial charge in [-0.25, -0.2) is 10.8 Å². The highest BCUT2D eigenvalue weighted by Gasteiger charge is 2.34. The summed E-state index contributed by atoms with van der Waals surface area (Å²) >= 11 is 1.73. The number of hydrogen-bond donors (Lipinski definition) is 2. The van der Waals surface area contributed by atoms with Crippen molar-refractivity contribution in [3.05, 3.63) is 10.9 Å². The van der Waals surface area contributed by atoms with Gasteiger partial charge in [0.2, 0.25) is 5.95 Å². The molecule has 108 valence electrons. The van der Waals surface area contributed by atoms with E-state index in [4.69, 9.17) is 5.84 Å². The maximum absolute atomic E-state index is 5.53. The highest BCUT2D eigenvalue weighted by atomic mass is 32.1. The standard InChI is InChI=1S/C14H21N5S/c1-4-9-8-10-11(19-7-5-6-14(19,2)3)16-13(18-15)17-12(10)20-9/h8H,4-7,15H2,1-3H3,(H,16,17,18). The number of aryl methyl sites for hydroxylation is 1. The lowest BCUT2D eigenvalue weighted by Crippen LogP contribution is -2.39. The number of nitrogens with zero attached hydrogens (tertiary/aromatic N) is 3. The van der Waals surface area contributed by atoms with E-state index in [0.717, 1.165) is 29.0 Å². The van der Waals surface area contributed by atoms with Crippen LogP contribution in [0.25, 0.3) is 10.2 Å². The number of fused-ring (bicyclic) bond motifs is 1. The molecule has 6 heteroatoms. The van der Waals surface area contributed by atoms with Crippen molar-refractivity contribution in [1.29, 1.82) is 0 Å². The van der Waals surface area contributed by atoms with Crippen LogP contribution >= 0.6 is 11.3 Å². The molecule has 0 radical (unpaired) electrons. The second-order valence-corrected chi connectivity index (χ2v) is 6.98. The molecule has 0 amide bonds. The molecular formula is C14H21N5S. The van der Waals surface area contributed by atoms with Crippen molar-refractivity contribution in [2.24, 2.45) is 5.84 Å². The highest BCUT2D eigenvalue weighted by molar-refractivity contribution is 7.18. The SMILES string of the molecule is CCc1cc2c(N3CCCC3(C)C)nc(NN)nc2s1. The van der Waals surface area contributed by atoms with Crippen LogP contribution in [-0.4, -0.2) is 22.1 Å². The molecule has 0 bridgehead atoms. The van der Waals surface area contributed by atoms with Gasteiger partial charge >= 0.3 is 0 Å². The first-order valence-corrected chi connectivity index (χ1v) is 7.91. The molecule has 0 aliphatic carbocycles. The van der Waals surface area contributed by atoms with Crippen LogP contribution in [0.15, 0.2) is 6.07 Å². The van der Waals surface area contributed by atoms with E-state index in [1.807, 2.05) is 0 Å². The van der Waals surface area contributed by atoms with Gasteiger partial charge in [-0.05, 0) is 39.2 Å². The fourth-order valence-corrected chi connectivity index (χ4v) is 3.86. The van der Waals surface area contributed by atoms with Crippen molar-refractivity contribution in [2.75, 3.05) is 16.9 Å². The van der Waals surface area contributed by atoms with E-state index in [-0.39, 0.29) is 5.54 Å². The molecule has 0 aromatic carbocycles.